The van der Waals surface area contributed by atoms with Gasteiger partial charge in [0.15, 0.2) is 5.69 Å². The van der Waals surface area contributed by atoms with E-state index >= 15 is 0 Å². The third-order valence-electron chi connectivity index (χ3n) is 4.43. The van der Waals surface area contributed by atoms with Gasteiger partial charge in [0.05, 0.1) is 18.3 Å². The second-order valence-electron chi connectivity index (χ2n) is 5.94. The van der Waals surface area contributed by atoms with Gasteiger partial charge in [-0.1, -0.05) is 0 Å². The molecule has 1 aliphatic rings. The van der Waals surface area contributed by atoms with Crippen molar-refractivity contribution in [3.63, 3.8) is 0 Å². The molecule has 2 heterocycles. The first-order valence-electron chi connectivity index (χ1n) is 7.91. The standard InChI is InChI=1S/C17H22N4O3/c1-18-13-10-14(17(22)23)19-16-12(13)8-11(24-3)9-15(16)21-6-4-20(2)5-7-21/h8-10H,4-7H2,1-3H3,(H,18,19)(H,22,23). The van der Waals surface area contributed by atoms with E-state index < -0.39 is 5.97 Å². The van der Waals surface area contributed by atoms with Crippen molar-refractivity contribution in [2.45, 2.75) is 0 Å². The molecular formula is C17H22N4O3. The third kappa shape index (κ3) is 2.94. The highest BCUT2D eigenvalue weighted by Crippen LogP contribution is 2.35. The number of aromatic nitrogens is 1. The fraction of sp³-hybridized carbons (Fsp3) is 0.412. The van der Waals surface area contributed by atoms with Crippen LogP contribution in [0.15, 0.2) is 18.2 Å². The third-order valence-corrected chi connectivity index (χ3v) is 4.43. The number of hydrogen-bond acceptors (Lipinski definition) is 6. The van der Waals surface area contributed by atoms with Gasteiger partial charge in [0, 0.05) is 50.4 Å². The Hall–Kier alpha value is -2.54. The summed E-state index contributed by atoms with van der Waals surface area (Å²) in [4.78, 5) is 20.3. The van der Waals surface area contributed by atoms with E-state index in [-0.39, 0.29) is 5.69 Å². The smallest absolute Gasteiger partial charge is 0.354 e. The fourth-order valence-electron chi connectivity index (χ4n) is 3.01. The number of nitrogens with zero attached hydrogens (tertiary/aromatic N) is 3. The Morgan fingerprint density at radius 3 is 2.54 bits per heavy atom. The van der Waals surface area contributed by atoms with Crippen molar-refractivity contribution in [1.29, 1.82) is 0 Å². The Morgan fingerprint density at radius 2 is 1.96 bits per heavy atom. The van der Waals surface area contributed by atoms with Gasteiger partial charge in [-0.3, -0.25) is 0 Å². The monoisotopic (exact) mass is 330 g/mol. The number of fused-ring (bicyclic) bond motifs is 1. The molecular weight excluding hydrogens is 308 g/mol. The maximum Gasteiger partial charge on any atom is 0.354 e. The summed E-state index contributed by atoms with van der Waals surface area (Å²) in [6, 6.07) is 5.38. The number of piperazine rings is 1. The van der Waals surface area contributed by atoms with Crippen molar-refractivity contribution >= 4 is 28.2 Å². The van der Waals surface area contributed by atoms with Gasteiger partial charge in [-0.2, -0.15) is 0 Å². The number of benzene rings is 1. The molecule has 3 rings (SSSR count). The molecule has 1 aromatic carbocycles. The van der Waals surface area contributed by atoms with Crippen LogP contribution in [0.4, 0.5) is 11.4 Å². The molecule has 0 aliphatic carbocycles. The summed E-state index contributed by atoms with van der Waals surface area (Å²) in [6.07, 6.45) is 0. The van der Waals surface area contributed by atoms with E-state index in [1.54, 1.807) is 20.2 Å². The van der Waals surface area contributed by atoms with Gasteiger partial charge >= 0.3 is 5.97 Å². The molecule has 0 saturated carbocycles. The van der Waals surface area contributed by atoms with E-state index in [1.807, 2.05) is 12.1 Å². The zero-order valence-corrected chi connectivity index (χ0v) is 14.2. The second kappa shape index (κ2) is 6.52. The molecule has 7 nitrogen and oxygen atoms in total. The van der Waals surface area contributed by atoms with Crippen LogP contribution in [0.1, 0.15) is 10.5 Å². The topological polar surface area (TPSA) is 77.9 Å². The predicted molar refractivity (Wildman–Crippen MR) is 94.5 cm³/mol. The quantitative estimate of drug-likeness (QED) is 0.884. The second-order valence-corrected chi connectivity index (χ2v) is 5.94. The number of nitrogens with one attached hydrogen (secondary N) is 1. The number of pyridine rings is 1. The molecule has 0 bridgehead atoms. The SMILES string of the molecule is CNc1cc(C(=O)O)nc2c(N3CCN(C)CC3)cc(OC)cc12. The predicted octanol–water partition coefficient (Wildman–Crippen LogP) is 1.74. The van der Waals surface area contributed by atoms with E-state index in [0.29, 0.717) is 5.52 Å². The zero-order valence-electron chi connectivity index (χ0n) is 14.2. The fourth-order valence-corrected chi connectivity index (χ4v) is 3.01. The zero-order chi connectivity index (χ0) is 17.3. The van der Waals surface area contributed by atoms with Gasteiger partial charge in [0.25, 0.3) is 0 Å². The normalized spacial score (nSPS) is 15.5. The van der Waals surface area contributed by atoms with Crippen LogP contribution < -0.4 is 15.0 Å². The lowest BCUT2D eigenvalue weighted by Gasteiger charge is -2.34. The Bertz CT molecular complexity index is 770. The molecule has 0 atom stereocenters. The molecule has 7 heteroatoms. The van der Waals surface area contributed by atoms with Crippen molar-refractivity contribution in [2.24, 2.45) is 0 Å². The Labute approximate surface area is 140 Å². The van der Waals surface area contributed by atoms with Gasteiger partial charge < -0.3 is 25.0 Å². The van der Waals surface area contributed by atoms with Crippen molar-refractivity contribution in [2.75, 3.05) is 57.6 Å². The molecule has 1 aromatic heterocycles. The van der Waals surface area contributed by atoms with E-state index in [9.17, 15) is 9.90 Å². The van der Waals surface area contributed by atoms with Crippen LogP contribution in [0.25, 0.3) is 10.9 Å². The maximum absolute atomic E-state index is 11.4. The summed E-state index contributed by atoms with van der Waals surface area (Å²) in [5.41, 5.74) is 2.36. The van der Waals surface area contributed by atoms with Crippen LogP contribution in [0.3, 0.4) is 0 Å². The summed E-state index contributed by atoms with van der Waals surface area (Å²) in [7, 11) is 5.50. The number of carbonyl (C=O) groups is 1. The largest absolute Gasteiger partial charge is 0.497 e. The molecule has 0 radical (unpaired) electrons. The van der Waals surface area contributed by atoms with E-state index in [4.69, 9.17) is 4.74 Å². The number of carboxylic acid groups (broad SMARTS) is 1. The summed E-state index contributed by atoms with van der Waals surface area (Å²) in [5.74, 6) is -0.300. The minimum atomic E-state index is -1.03. The minimum absolute atomic E-state index is 0.0346. The van der Waals surface area contributed by atoms with E-state index in [2.05, 4.69) is 27.1 Å². The number of likely N-dealkylation sites (N-methyl/N-ethyl adjacent to an activating group) is 1. The number of anilines is 2. The Balaban J connectivity index is 2.21. The Kier molecular flexibility index (Phi) is 4.44. The van der Waals surface area contributed by atoms with E-state index in [1.165, 1.54) is 0 Å². The van der Waals surface area contributed by atoms with Crippen LogP contribution in [-0.4, -0.2) is 68.3 Å². The number of ether oxygens (including phenoxy) is 1. The highest BCUT2D eigenvalue weighted by atomic mass is 16.5. The van der Waals surface area contributed by atoms with Gasteiger partial charge in [-0.05, 0) is 19.2 Å². The number of aromatic carboxylic acids is 1. The van der Waals surface area contributed by atoms with Crippen molar-refractivity contribution in [3.8, 4) is 5.75 Å². The van der Waals surface area contributed by atoms with Crippen LogP contribution in [0.5, 0.6) is 5.75 Å². The number of rotatable bonds is 4. The molecule has 1 fully saturated rings. The first-order chi connectivity index (χ1) is 11.5. The minimum Gasteiger partial charge on any atom is -0.497 e. The first-order valence-corrected chi connectivity index (χ1v) is 7.91. The van der Waals surface area contributed by atoms with E-state index in [0.717, 1.165) is 48.7 Å². The van der Waals surface area contributed by atoms with Gasteiger partial charge in [-0.15, -0.1) is 0 Å². The summed E-state index contributed by atoms with van der Waals surface area (Å²) < 4.78 is 5.44. The lowest BCUT2D eigenvalue weighted by Crippen LogP contribution is -2.44. The highest BCUT2D eigenvalue weighted by molar-refractivity contribution is 6.03. The molecule has 2 aromatic rings. The summed E-state index contributed by atoms with van der Waals surface area (Å²) >= 11 is 0. The molecule has 0 spiro atoms. The molecule has 1 aliphatic heterocycles. The molecule has 2 N–H and O–H groups in total. The van der Waals surface area contributed by atoms with Gasteiger partial charge in [0.1, 0.15) is 5.75 Å². The molecule has 1 saturated heterocycles. The molecule has 24 heavy (non-hydrogen) atoms. The number of carboxylic acids is 1. The summed E-state index contributed by atoms with van der Waals surface area (Å²) in [5, 5.41) is 13.3. The molecule has 0 amide bonds. The summed E-state index contributed by atoms with van der Waals surface area (Å²) in [6.45, 7) is 3.64. The lowest BCUT2D eigenvalue weighted by atomic mass is 10.1. The first kappa shape index (κ1) is 16.3. The Morgan fingerprint density at radius 1 is 1.25 bits per heavy atom. The van der Waals surface area contributed by atoms with Crippen LogP contribution >= 0.6 is 0 Å². The maximum atomic E-state index is 11.4. The van der Waals surface area contributed by atoms with Crippen molar-refractivity contribution in [3.05, 3.63) is 23.9 Å². The number of hydrogen-bond donors (Lipinski definition) is 2. The van der Waals surface area contributed by atoms with Gasteiger partial charge in [-0.25, -0.2) is 9.78 Å². The van der Waals surface area contributed by atoms with Crippen LogP contribution in [0, 0.1) is 0 Å². The number of methoxy groups -OCH3 is 1. The average molecular weight is 330 g/mol. The van der Waals surface area contributed by atoms with Crippen LogP contribution in [-0.2, 0) is 0 Å². The van der Waals surface area contributed by atoms with Crippen molar-refractivity contribution in [1.82, 2.24) is 9.88 Å². The van der Waals surface area contributed by atoms with Crippen molar-refractivity contribution < 1.29 is 14.6 Å². The molecule has 128 valence electrons. The molecule has 0 unspecified atom stereocenters. The average Bonchev–Trinajstić information content (AvgIpc) is 2.60. The highest BCUT2D eigenvalue weighted by Gasteiger charge is 2.21. The van der Waals surface area contributed by atoms with Crippen LogP contribution in [0.2, 0.25) is 0 Å². The lowest BCUT2D eigenvalue weighted by molar-refractivity contribution is 0.0691. The van der Waals surface area contributed by atoms with Gasteiger partial charge in [0.2, 0.25) is 0 Å².